The maximum atomic E-state index is 12.7. The highest BCUT2D eigenvalue weighted by Crippen LogP contribution is 2.25. The topological polar surface area (TPSA) is 46.6 Å². The minimum absolute atomic E-state index is 0.115. The lowest BCUT2D eigenvalue weighted by Gasteiger charge is -2.30. The third-order valence-electron chi connectivity index (χ3n) is 4.70. The van der Waals surface area contributed by atoms with Gasteiger partial charge in [0.1, 0.15) is 0 Å². The zero-order valence-electron chi connectivity index (χ0n) is 15.8. The summed E-state index contributed by atoms with van der Waals surface area (Å²) < 4.78 is 5.39. The Labute approximate surface area is 164 Å². The van der Waals surface area contributed by atoms with Crippen LogP contribution in [0.3, 0.4) is 0 Å². The van der Waals surface area contributed by atoms with Crippen molar-refractivity contribution < 1.29 is 14.3 Å². The molecule has 1 aromatic heterocycles. The molecule has 5 heteroatoms. The number of carbonyl (C=O) groups excluding carboxylic acids is 2. The molecule has 0 radical (unpaired) electrons. The van der Waals surface area contributed by atoms with Crippen LogP contribution in [0.2, 0.25) is 0 Å². The third kappa shape index (κ3) is 5.30. The average molecular weight is 384 g/mol. The number of ether oxygens (including phenoxy) is 1. The standard InChI is InChI=1S/C22H25NO3S/c1-16-6-3-8-18(12-16)13-19(20-9-5-11-27-20)22(25)26-15-21(24)23-10-4-7-17(2)14-23/h3,5-6,8-9,11-13,17H,4,7,10,14-15H2,1-2H3/b19-13+/t17-/m1/s1. The highest BCUT2D eigenvalue weighted by Gasteiger charge is 2.23. The first-order valence-corrected chi connectivity index (χ1v) is 10.2. The van der Waals surface area contributed by atoms with Gasteiger partial charge in [-0.05, 0) is 48.8 Å². The average Bonchev–Trinajstić information content (AvgIpc) is 3.18. The van der Waals surface area contributed by atoms with E-state index in [9.17, 15) is 9.59 Å². The Kier molecular flexibility index (Phi) is 6.45. The number of likely N-dealkylation sites (tertiary alicyclic amines) is 1. The molecule has 1 saturated heterocycles. The van der Waals surface area contributed by atoms with E-state index in [1.807, 2.05) is 54.8 Å². The van der Waals surface area contributed by atoms with Crippen LogP contribution in [0.15, 0.2) is 41.8 Å². The van der Waals surface area contributed by atoms with Crippen molar-refractivity contribution in [3.8, 4) is 0 Å². The van der Waals surface area contributed by atoms with Gasteiger partial charge in [-0.3, -0.25) is 4.79 Å². The van der Waals surface area contributed by atoms with Gasteiger partial charge < -0.3 is 9.64 Å². The molecule has 27 heavy (non-hydrogen) atoms. The van der Waals surface area contributed by atoms with Crippen LogP contribution in [-0.4, -0.2) is 36.5 Å². The van der Waals surface area contributed by atoms with Crippen molar-refractivity contribution >= 4 is 34.9 Å². The highest BCUT2D eigenvalue weighted by atomic mass is 32.1. The molecule has 1 aromatic carbocycles. The van der Waals surface area contributed by atoms with E-state index in [1.165, 1.54) is 11.3 Å². The highest BCUT2D eigenvalue weighted by molar-refractivity contribution is 7.11. The van der Waals surface area contributed by atoms with E-state index in [4.69, 9.17) is 4.74 Å². The number of thiophene rings is 1. The Morgan fingerprint density at radius 1 is 1.30 bits per heavy atom. The molecule has 0 N–H and O–H groups in total. The second kappa shape index (κ2) is 9.00. The van der Waals surface area contributed by atoms with Crippen molar-refractivity contribution in [2.45, 2.75) is 26.7 Å². The lowest BCUT2D eigenvalue weighted by atomic mass is 10.0. The summed E-state index contributed by atoms with van der Waals surface area (Å²) in [5, 5.41) is 1.92. The summed E-state index contributed by atoms with van der Waals surface area (Å²) in [5.74, 6) is -0.0744. The van der Waals surface area contributed by atoms with Crippen LogP contribution in [-0.2, 0) is 14.3 Å². The maximum Gasteiger partial charge on any atom is 0.340 e. The van der Waals surface area contributed by atoms with Crippen molar-refractivity contribution in [1.29, 1.82) is 0 Å². The zero-order chi connectivity index (χ0) is 19.2. The van der Waals surface area contributed by atoms with Gasteiger partial charge in [-0.15, -0.1) is 11.3 Å². The molecule has 1 atom stereocenters. The zero-order valence-corrected chi connectivity index (χ0v) is 16.6. The molecule has 1 aliphatic rings. The van der Waals surface area contributed by atoms with Gasteiger partial charge in [-0.2, -0.15) is 0 Å². The van der Waals surface area contributed by atoms with E-state index >= 15 is 0 Å². The third-order valence-corrected chi connectivity index (χ3v) is 5.60. The number of benzene rings is 1. The molecule has 2 aromatic rings. The van der Waals surface area contributed by atoms with Crippen molar-refractivity contribution in [3.63, 3.8) is 0 Å². The number of rotatable bonds is 5. The summed E-state index contributed by atoms with van der Waals surface area (Å²) in [6.07, 6.45) is 3.98. The first-order chi connectivity index (χ1) is 13.0. The molecule has 0 aliphatic carbocycles. The number of esters is 1. The molecule has 1 aliphatic heterocycles. The number of carbonyl (C=O) groups is 2. The molecule has 1 amide bonds. The fourth-order valence-electron chi connectivity index (χ4n) is 3.30. The second-order valence-corrected chi connectivity index (χ2v) is 8.06. The molecule has 142 valence electrons. The Hall–Kier alpha value is -2.40. The number of amides is 1. The van der Waals surface area contributed by atoms with Gasteiger partial charge in [-0.25, -0.2) is 4.79 Å². The van der Waals surface area contributed by atoms with Gasteiger partial charge in [0, 0.05) is 18.0 Å². The van der Waals surface area contributed by atoms with Crippen LogP contribution in [0.5, 0.6) is 0 Å². The minimum Gasteiger partial charge on any atom is -0.452 e. The van der Waals surface area contributed by atoms with Gasteiger partial charge in [0.15, 0.2) is 6.61 Å². The largest absolute Gasteiger partial charge is 0.452 e. The second-order valence-electron chi connectivity index (χ2n) is 7.11. The molecule has 0 unspecified atom stereocenters. The summed E-state index contributed by atoms with van der Waals surface area (Å²) in [4.78, 5) is 27.8. The van der Waals surface area contributed by atoms with Crippen LogP contribution < -0.4 is 0 Å². The summed E-state index contributed by atoms with van der Waals surface area (Å²) in [6.45, 7) is 5.44. The van der Waals surface area contributed by atoms with E-state index in [0.717, 1.165) is 41.9 Å². The normalized spacial score (nSPS) is 17.6. The Balaban J connectivity index is 1.71. The first-order valence-electron chi connectivity index (χ1n) is 9.30. The Morgan fingerprint density at radius 3 is 2.85 bits per heavy atom. The molecule has 3 rings (SSSR count). The Bertz CT molecular complexity index is 826. The minimum atomic E-state index is -0.461. The van der Waals surface area contributed by atoms with Crippen molar-refractivity contribution in [2.75, 3.05) is 19.7 Å². The van der Waals surface area contributed by atoms with Crippen LogP contribution >= 0.6 is 11.3 Å². The smallest absolute Gasteiger partial charge is 0.340 e. The van der Waals surface area contributed by atoms with Crippen LogP contribution in [0.4, 0.5) is 0 Å². The van der Waals surface area contributed by atoms with Gasteiger partial charge in [0.25, 0.3) is 5.91 Å². The summed E-state index contributed by atoms with van der Waals surface area (Å²) in [6, 6.07) is 11.7. The van der Waals surface area contributed by atoms with Crippen LogP contribution in [0.25, 0.3) is 11.6 Å². The van der Waals surface area contributed by atoms with Gasteiger partial charge in [-0.1, -0.05) is 42.8 Å². The molecule has 2 heterocycles. The van der Waals surface area contributed by atoms with Crippen LogP contribution in [0, 0.1) is 12.8 Å². The molecule has 0 spiro atoms. The number of nitrogens with zero attached hydrogens (tertiary/aromatic N) is 1. The van der Waals surface area contributed by atoms with E-state index < -0.39 is 5.97 Å². The monoisotopic (exact) mass is 383 g/mol. The summed E-state index contributed by atoms with van der Waals surface area (Å²) >= 11 is 1.48. The predicted octanol–water partition coefficient (Wildman–Crippen LogP) is 4.40. The van der Waals surface area contributed by atoms with Gasteiger partial charge in [0.05, 0.1) is 5.57 Å². The molecular weight excluding hydrogens is 358 g/mol. The maximum absolute atomic E-state index is 12.7. The first kappa shape index (κ1) is 19.4. The Morgan fingerprint density at radius 2 is 2.15 bits per heavy atom. The molecule has 1 fully saturated rings. The van der Waals surface area contributed by atoms with Crippen molar-refractivity contribution in [1.82, 2.24) is 4.90 Å². The van der Waals surface area contributed by atoms with Gasteiger partial charge >= 0.3 is 5.97 Å². The molecule has 4 nitrogen and oxygen atoms in total. The summed E-state index contributed by atoms with van der Waals surface area (Å²) in [5.41, 5.74) is 2.54. The van der Waals surface area contributed by atoms with Crippen molar-refractivity contribution in [3.05, 3.63) is 57.8 Å². The number of hydrogen-bond acceptors (Lipinski definition) is 4. The van der Waals surface area contributed by atoms with Crippen LogP contribution in [0.1, 0.15) is 35.8 Å². The van der Waals surface area contributed by atoms with E-state index in [0.29, 0.717) is 11.5 Å². The molecular formula is C22H25NO3S. The SMILES string of the molecule is Cc1cccc(/C=C(/C(=O)OCC(=O)N2CCC[C@@H](C)C2)c2cccs2)c1. The van der Waals surface area contributed by atoms with Crippen molar-refractivity contribution in [2.24, 2.45) is 5.92 Å². The predicted molar refractivity (Wildman–Crippen MR) is 109 cm³/mol. The number of aryl methyl sites for hydroxylation is 1. The number of hydrogen-bond donors (Lipinski definition) is 0. The number of piperidine rings is 1. The van der Waals surface area contributed by atoms with E-state index in [-0.39, 0.29) is 12.5 Å². The fourth-order valence-corrected chi connectivity index (χ4v) is 4.03. The van der Waals surface area contributed by atoms with E-state index in [1.54, 1.807) is 4.90 Å². The van der Waals surface area contributed by atoms with E-state index in [2.05, 4.69) is 6.92 Å². The lowest BCUT2D eigenvalue weighted by Crippen LogP contribution is -2.41. The molecule has 0 bridgehead atoms. The quantitative estimate of drug-likeness (QED) is 0.568. The fraction of sp³-hybridized carbons (Fsp3) is 0.364. The van der Waals surface area contributed by atoms with Gasteiger partial charge in [0.2, 0.25) is 0 Å². The summed E-state index contributed by atoms with van der Waals surface area (Å²) in [7, 11) is 0. The molecule has 0 saturated carbocycles. The lowest BCUT2D eigenvalue weighted by molar-refractivity contribution is -0.148.